The van der Waals surface area contributed by atoms with Crippen molar-refractivity contribution in [2.24, 2.45) is 5.92 Å². The Balaban J connectivity index is 4.14. The number of rotatable bonds is 15. The Morgan fingerprint density at radius 2 is 1.52 bits per heavy atom. The van der Waals surface area contributed by atoms with Crippen molar-refractivity contribution in [1.82, 2.24) is 0 Å². The Morgan fingerprint density at radius 3 is 2.11 bits per heavy atom. The molecule has 0 saturated heterocycles. The van der Waals surface area contributed by atoms with E-state index in [1.54, 1.807) is 0 Å². The van der Waals surface area contributed by atoms with Crippen LogP contribution in [0.4, 0.5) is 0 Å². The molecule has 2 nitrogen and oxygen atoms in total. The lowest BCUT2D eigenvalue weighted by atomic mass is 10.1. The highest BCUT2D eigenvalue weighted by Gasteiger charge is 2.03. The van der Waals surface area contributed by atoms with Crippen LogP contribution in [0.5, 0.6) is 0 Å². The third-order valence-corrected chi connectivity index (χ3v) is 5.45. The molecular weight excluding hydrogens is 408 g/mol. The second-order valence-electron chi connectivity index (χ2n) is 6.41. The summed E-state index contributed by atoms with van der Waals surface area (Å²) in [6, 6.07) is 0. The quantitative estimate of drug-likeness (QED) is 0.188. The van der Waals surface area contributed by atoms with Crippen LogP contribution >= 0.6 is 34.8 Å². The molecule has 0 rings (SSSR count). The van der Waals surface area contributed by atoms with E-state index in [1.807, 2.05) is 0 Å². The van der Waals surface area contributed by atoms with Gasteiger partial charge in [0, 0.05) is 9.47 Å². The SMILES string of the molecule is CCCCC(C=CC=CC=CC(C)CC=CC=CC(CC)OP(P)P)OP. The van der Waals surface area contributed by atoms with Crippen molar-refractivity contribution in [2.45, 2.75) is 65.1 Å². The van der Waals surface area contributed by atoms with E-state index in [1.165, 1.54) is 12.8 Å². The van der Waals surface area contributed by atoms with Crippen molar-refractivity contribution in [1.29, 1.82) is 0 Å². The summed E-state index contributed by atoms with van der Waals surface area (Å²) in [6.45, 7) is 6.57. The highest BCUT2D eigenvalue weighted by atomic mass is 32.4. The van der Waals surface area contributed by atoms with Crippen LogP contribution in [0.2, 0.25) is 0 Å². The fraction of sp³-hybridized carbons (Fsp3) is 0.524. The molecule has 6 unspecified atom stereocenters. The first-order chi connectivity index (χ1) is 13.0. The van der Waals surface area contributed by atoms with E-state index in [-0.39, 0.29) is 12.2 Å². The molecule has 0 aromatic carbocycles. The second kappa shape index (κ2) is 19.6. The molecule has 0 bridgehead atoms. The molecule has 0 heterocycles. The first-order valence-electron chi connectivity index (χ1n) is 9.70. The molecule has 0 aliphatic carbocycles. The average Bonchev–Trinajstić information content (AvgIpc) is 2.65. The molecule has 154 valence electrons. The van der Waals surface area contributed by atoms with Crippen molar-refractivity contribution in [2.75, 3.05) is 0 Å². The molecule has 0 aliphatic rings. The Labute approximate surface area is 175 Å². The highest BCUT2D eigenvalue weighted by Crippen LogP contribution is 2.54. The van der Waals surface area contributed by atoms with E-state index < -0.39 is 7.53 Å². The smallest absolute Gasteiger partial charge is 0.0807 e. The molecule has 6 heteroatoms. The predicted octanol–water partition coefficient (Wildman–Crippen LogP) is 7.93. The van der Waals surface area contributed by atoms with Gasteiger partial charge in [0.05, 0.1) is 19.7 Å². The standard InChI is InChI=1S/C21H38O2P4/c1-4-6-16-21(22-24)18-12-8-7-10-14-19(3)15-11-9-13-17-20(5-2)23-27(25)26/h7-14,17-21H,4-6,15-16,24-26H2,1-3H3. The number of allylic oxidation sites excluding steroid dienone is 8. The summed E-state index contributed by atoms with van der Waals surface area (Å²) in [6.07, 6.45) is 27.1. The lowest BCUT2D eigenvalue weighted by molar-refractivity contribution is 0.276. The Bertz CT molecular complexity index is 485. The van der Waals surface area contributed by atoms with Crippen molar-refractivity contribution in [3.63, 3.8) is 0 Å². The highest BCUT2D eigenvalue weighted by molar-refractivity contribution is 8.41. The summed E-state index contributed by atoms with van der Waals surface area (Å²) in [5.41, 5.74) is 0. The Morgan fingerprint density at radius 1 is 0.889 bits per heavy atom. The maximum Gasteiger partial charge on any atom is 0.0807 e. The van der Waals surface area contributed by atoms with Crippen LogP contribution in [0.1, 0.15) is 52.9 Å². The zero-order chi connectivity index (χ0) is 20.3. The van der Waals surface area contributed by atoms with Gasteiger partial charge in [-0.1, -0.05) is 112 Å². The topological polar surface area (TPSA) is 18.5 Å². The molecular formula is C21H38O2P4. The minimum absolute atomic E-state index is 0.192. The number of hydrogen-bond acceptors (Lipinski definition) is 2. The van der Waals surface area contributed by atoms with Crippen molar-refractivity contribution < 1.29 is 9.05 Å². The zero-order valence-electron chi connectivity index (χ0n) is 17.0. The number of hydrogen-bond donors (Lipinski definition) is 0. The lowest BCUT2D eigenvalue weighted by Gasteiger charge is -2.13. The maximum absolute atomic E-state index is 5.79. The monoisotopic (exact) mass is 446 g/mol. The molecule has 0 fully saturated rings. The largest absolute Gasteiger partial charge is 0.358 e. The van der Waals surface area contributed by atoms with Gasteiger partial charge in [0.2, 0.25) is 0 Å². The summed E-state index contributed by atoms with van der Waals surface area (Å²) in [4.78, 5) is 0. The molecule has 0 amide bonds. The maximum atomic E-state index is 5.79. The molecule has 0 radical (unpaired) electrons. The van der Waals surface area contributed by atoms with Crippen LogP contribution in [0.15, 0.2) is 60.8 Å². The van der Waals surface area contributed by atoms with Crippen LogP contribution in [0.3, 0.4) is 0 Å². The van der Waals surface area contributed by atoms with Crippen molar-refractivity contribution in [3.05, 3.63) is 60.8 Å². The van der Waals surface area contributed by atoms with Crippen LogP contribution in [-0.4, -0.2) is 12.2 Å². The van der Waals surface area contributed by atoms with Gasteiger partial charge in [0.15, 0.2) is 0 Å². The number of unbranched alkanes of at least 4 members (excludes halogenated alkanes) is 1. The minimum atomic E-state index is -0.470. The van der Waals surface area contributed by atoms with Gasteiger partial charge < -0.3 is 9.05 Å². The van der Waals surface area contributed by atoms with Crippen LogP contribution < -0.4 is 0 Å². The Hall–Kier alpha value is 0.340. The van der Waals surface area contributed by atoms with Gasteiger partial charge in [0.1, 0.15) is 0 Å². The van der Waals surface area contributed by atoms with Crippen LogP contribution in [0, 0.1) is 5.92 Å². The van der Waals surface area contributed by atoms with Gasteiger partial charge in [-0.2, -0.15) is 0 Å². The van der Waals surface area contributed by atoms with E-state index in [4.69, 9.17) is 9.05 Å². The fourth-order valence-electron chi connectivity index (χ4n) is 2.23. The molecule has 6 atom stereocenters. The summed E-state index contributed by atoms with van der Waals surface area (Å²) < 4.78 is 11.1. The second-order valence-corrected chi connectivity index (χ2v) is 12.5. The van der Waals surface area contributed by atoms with E-state index >= 15 is 0 Å². The average molecular weight is 446 g/mol. The lowest BCUT2D eigenvalue weighted by Crippen LogP contribution is -2.02. The molecule has 0 spiro atoms. The predicted molar refractivity (Wildman–Crippen MR) is 135 cm³/mol. The van der Waals surface area contributed by atoms with Crippen molar-refractivity contribution in [3.8, 4) is 0 Å². The molecule has 27 heavy (non-hydrogen) atoms. The minimum Gasteiger partial charge on any atom is -0.358 e. The third kappa shape index (κ3) is 18.1. The van der Waals surface area contributed by atoms with Crippen LogP contribution in [0.25, 0.3) is 0 Å². The summed E-state index contributed by atoms with van der Waals surface area (Å²) in [7, 11) is 7.29. The van der Waals surface area contributed by atoms with Gasteiger partial charge in [0.25, 0.3) is 0 Å². The molecule has 0 saturated carbocycles. The third-order valence-electron chi connectivity index (χ3n) is 3.86. The first kappa shape index (κ1) is 27.3. The summed E-state index contributed by atoms with van der Waals surface area (Å²) >= 11 is 0. The Kier molecular flexibility index (Phi) is 19.9. The van der Waals surface area contributed by atoms with E-state index in [2.05, 4.69) is 109 Å². The van der Waals surface area contributed by atoms with Gasteiger partial charge >= 0.3 is 0 Å². The molecule has 0 aliphatic heterocycles. The van der Waals surface area contributed by atoms with E-state index in [0.717, 1.165) is 19.3 Å². The molecule has 0 aromatic rings. The fourth-order valence-corrected chi connectivity index (χ4v) is 3.92. The van der Waals surface area contributed by atoms with Crippen LogP contribution in [-0.2, 0) is 9.05 Å². The van der Waals surface area contributed by atoms with Gasteiger partial charge in [-0.25, -0.2) is 0 Å². The van der Waals surface area contributed by atoms with Crippen molar-refractivity contribution >= 4 is 34.8 Å². The normalized spacial score (nSPS) is 16.7. The zero-order valence-corrected chi connectivity index (χ0v) is 21.4. The van der Waals surface area contributed by atoms with Gasteiger partial charge in [-0.15, -0.1) is 0 Å². The summed E-state index contributed by atoms with van der Waals surface area (Å²) in [5, 5.41) is 0. The molecule has 0 aromatic heterocycles. The summed E-state index contributed by atoms with van der Waals surface area (Å²) in [5.74, 6) is 0.515. The van der Waals surface area contributed by atoms with Gasteiger partial charge in [-0.3, -0.25) is 0 Å². The van der Waals surface area contributed by atoms with E-state index in [0.29, 0.717) is 5.92 Å². The van der Waals surface area contributed by atoms with Gasteiger partial charge in [-0.05, 0) is 25.2 Å². The molecule has 0 N–H and O–H groups in total. The van der Waals surface area contributed by atoms with E-state index in [9.17, 15) is 0 Å². The first-order valence-corrected chi connectivity index (χ1v) is 14.7.